The van der Waals surface area contributed by atoms with Gasteiger partial charge in [0.2, 0.25) is 5.91 Å². The van der Waals surface area contributed by atoms with Crippen LogP contribution >= 0.6 is 10.7 Å². The van der Waals surface area contributed by atoms with E-state index in [9.17, 15) is 13.2 Å². The highest BCUT2D eigenvalue weighted by Gasteiger charge is 2.25. The molecular formula is C14H18ClNO4S. The number of likely N-dealkylation sites (N-methyl/N-ethyl adjacent to an activating group) is 1. The van der Waals surface area contributed by atoms with Crippen molar-refractivity contribution in [2.45, 2.75) is 24.2 Å². The second kappa shape index (κ2) is 6.23. The maximum atomic E-state index is 12.2. The van der Waals surface area contributed by atoms with Gasteiger partial charge in [-0.05, 0) is 37.0 Å². The first kappa shape index (κ1) is 16.1. The van der Waals surface area contributed by atoms with Gasteiger partial charge in [0.25, 0.3) is 9.05 Å². The molecule has 1 saturated carbocycles. The molecule has 0 N–H and O–H groups in total. The number of benzene rings is 1. The minimum absolute atomic E-state index is 0.0300. The minimum Gasteiger partial charge on any atom is -0.496 e. The van der Waals surface area contributed by atoms with Gasteiger partial charge in [0.05, 0.1) is 18.4 Å². The van der Waals surface area contributed by atoms with E-state index in [2.05, 4.69) is 0 Å². The van der Waals surface area contributed by atoms with Gasteiger partial charge in [0, 0.05) is 29.8 Å². The summed E-state index contributed by atoms with van der Waals surface area (Å²) in [7, 11) is 4.75. The molecule has 0 unspecified atom stereocenters. The van der Waals surface area contributed by atoms with Crippen LogP contribution in [-0.2, 0) is 20.3 Å². The van der Waals surface area contributed by atoms with Crippen LogP contribution in [0, 0.1) is 5.92 Å². The summed E-state index contributed by atoms with van der Waals surface area (Å²) in [5, 5.41) is 0. The third kappa shape index (κ3) is 4.35. The molecule has 0 spiro atoms. The summed E-state index contributed by atoms with van der Waals surface area (Å²) >= 11 is 0. The zero-order chi connectivity index (χ0) is 15.6. The minimum atomic E-state index is -3.82. The van der Waals surface area contributed by atoms with Gasteiger partial charge in [-0.3, -0.25) is 4.79 Å². The second-order valence-electron chi connectivity index (χ2n) is 5.31. The van der Waals surface area contributed by atoms with Crippen molar-refractivity contribution in [3.8, 4) is 5.75 Å². The molecule has 0 radical (unpaired) electrons. The summed E-state index contributed by atoms with van der Waals surface area (Å²) < 4.78 is 28.0. The Morgan fingerprint density at radius 3 is 2.62 bits per heavy atom. The number of methoxy groups -OCH3 is 1. The van der Waals surface area contributed by atoms with Crippen molar-refractivity contribution in [1.82, 2.24) is 4.90 Å². The zero-order valence-electron chi connectivity index (χ0n) is 12.0. The lowest BCUT2D eigenvalue weighted by atomic mass is 10.1. The Morgan fingerprint density at radius 1 is 1.43 bits per heavy atom. The fourth-order valence-electron chi connectivity index (χ4n) is 2.13. The van der Waals surface area contributed by atoms with Gasteiger partial charge in [-0.25, -0.2) is 8.42 Å². The van der Waals surface area contributed by atoms with E-state index in [0.717, 1.165) is 6.54 Å². The van der Waals surface area contributed by atoms with Crippen molar-refractivity contribution < 1.29 is 17.9 Å². The Kier molecular flexibility index (Phi) is 4.78. The van der Waals surface area contributed by atoms with Crippen LogP contribution in [0.25, 0.3) is 0 Å². The lowest BCUT2D eigenvalue weighted by molar-refractivity contribution is -0.129. The lowest BCUT2D eigenvalue weighted by Gasteiger charge is -2.18. The molecule has 0 bridgehead atoms. The van der Waals surface area contributed by atoms with Gasteiger partial charge in [0.1, 0.15) is 5.75 Å². The van der Waals surface area contributed by atoms with E-state index in [1.54, 1.807) is 11.9 Å². The highest BCUT2D eigenvalue weighted by molar-refractivity contribution is 8.13. The molecule has 21 heavy (non-hydrogen) atoms. The van der Waals surface area contributed by atoms with E-state index < -0.39 is 9.05 Å². The fraction of sp³-hybridized carbons (Fsp3) is 0.500. The van der Waals surface area contributed by atoms with Crippen molar-refractivity contribution in [2.24, 2.45) is 5.92 Å². The van der Waals surface area contributed by atoms with Crippen LogP contribution in [0.4, 0.5) is 0 Å². The van der Waals surface area contributed by atoms with E-state index in [4.69, 9.17) is 15.4 Å². The average Bonchev–Trinajstić information content (AvgIpc) is 3.21. The number of hydrogen-bond acceptors (Lipinski definition) is 4. The van der Waals surface area contributed by atoms with Crippen molar-refractivity contribution in [3.05, 3.63) is 23.8 Å². The molecule has 0 aromatic heterocycles. The third-order valence-corrected chi connectivity index (χ3v) is 4.88. The van der Waals surface area contributed by atoms with Crippen molar-refractivity contribution in [3.63, 3.8) is 0 Å². The number of halogens is 1. The van der Waals surface area contributed by atoms with Gasteiger partial charge < -0.3 is 9.64 Å². The molecule has 1 aromatic carbocycles. The van der Waals surface area contributed by atoms with Crippen molar-refractivity contribution in [2.75, 3.05) is 20.7 Å². The summed E-state index contributed by atoms with van der Waals surface area (Å²) in [6.45, 7) is 0.745. The molecular weight excluding hydrogens is 314 g/mol. The maximum absolute atomic E-state index is 12.2. The molecule has 116 valence electrons. The first-order valence-electron chi connectivity index (χ1n) is 6.67. The molecule has 2 rings (SSSR count). The van der Waals surface area contributed by atoms with Gasteiger partial charge in [-0.15, -0.1) is 0 Å². The lowest BCUT2D eigenvalue weighted by Crippen LogP contribution is -2.30. The van der Waals surface area contributed by atoms with Crippen LogP contribution in [0.5, 0.6) is 5.75 Å². The molecule has 1 amide bonds. The Morgan fingerprint density at radius 2 is 2.10 bits per heavy atom. The second-order valence-corrected chi connectivity index (χ2v) is 7.87. The van der Waals surface area contributed by atoms with Gasteiger partial charge in [-0.2, -0.15) is 0 Å². The van der Waals surface area contributed by atoms with E-state index >= 15 is 0 Å². The van der Waals surface area contributed by atoms with Crippen LogP contribution in [0.1, 0.15) is 18.4 Å². The number of amides is 1. The van der Waals surface area contributed by atoms with Gasteiger partial charge in [0.15, 0.2) is 0 Å². The maximum Gasteiger partial charge on any atom is 0.261 e. The molecule has 0 aliphatic heterocycles. The molecule has 7 heteroatoms. The molecule has 1 aliphatic carbocycles. The summed E-state index contributed by atoms with van der Waals surface area (Å²) in [6.07, 6.45) is 2.43. The standard InChI is InChI=1S/C14H18ClNO4S/c1-16(9-10-3-4-10)14(17)8-11-7-12(21(15,18)19)5-6-13(11)20-2/h5-7,10H,3-4,8-9H2,1-2H3. The van der Waals surface area contributed by atoms with Gasteiger partial charge in [-0.1, -0.05) is 0 Å². The number of carbonyl (C=O) groups is 1. The summed E-state index contributed by atoms with van der Waals surface area (Å²) in [6, 6.07) is 4.27. The Bertz CT molecular complexity index is 640. The summed E-state index contributed by atoms with van der Waals surface area (Å²) in [5.41, 5.74) is 0.520. The van der Waals surface area contributed by atoms with Gasteiger partial charge >= 0.3 is 0 Å². The van der Waals surface area contributed by atoms with Crippen molar-refractivity contribution in [1.29, 1.82) is 0 Å². The largest absolute Gasteiger partial charge is 0.496 e. The number of hydrogen-bond donors (Lipinski definition) is 0. The highest BCUT2D eigenvalue weighted by atomic mass is 35.7. The van der Waals surface area contributed by atoms with Crippen LogP contribution in [-0.4, -0.2) is 39.9 Å². The molecule has 1 fully saturated rings. The number of nitrogens with zero attached hydrogens (tertiary/aromatic N) is 1. The Hall–Kier alpha value is -1.27. The molecule has 1 aliphatic rings. The highest BCUT2D eigenvalue weighted by Crippen LogP contribution is 2.30. The smallest absolute Gasteiger partial charge is 0.261 e. The fourth-order valence-corrected chi connectivity index (χ4v) is 2.93. The van der Waals surface area contributed by atoms with E-state index in [1.807, 2.05) is 0 Å². The van der Waals surface area contributed by atoms with E-state index in [1.165, 1.54) is 38.2 Å². The van der Waals surface area contributed by atoms with Crippen LogP contribution in [0.15, 0.2) is 23.1 Å². The Labute approximate surface area is 129 Å². The quantitative estimate of drug-likeness (QED) is 0.748. The molecule has 5 nitrogen and oxygen atoms in total. The summed E-state index contributed by atoms with van der Waals surface area (Å²) in [5.74, 6) is 1.02. The van der Waals surface area contributed by atoms with Crippen LogP contribution < -0.4 is 4.74 Å². The monoisotopic (exact) mass is 331 g/mol. The van der Waals surface area contributed by atoms with E-state index in [-0.39, 0.29) is 17.2 Å². The Balaban J connectivity index is 2.18. The van der Waals surface area contributed by atoms with E-state index in [0.29, 0.717) is 17.2 Å². The number of carbonyl (C=O) groups excluding carboxylic acids is 1. The van der Waals surface area contributed by atoms with Crippen LogP contribution in [0.2, 0.25) is 0 Å². The molecule has 0 heterocycles. The predicted octanol–water partition coefficient (Wildman–Crippen LogP) is 2.03. The normalized spacial score (nSPS) is 14.8. The average molecular weight is 332 g/mol. The molecule has 1 aromatic rings. The first-order chi connectivity index (χ1) is 9.81. The third-order valence-electron chi connectivity index (χ3n) is 3.53. The molecule has 0 saturated heterocycles. The number of ether oxygens (including phenoxy) is 1. The SMILES string of the molecule is COc1ccc(S(=O)(=O)Cl)cc1CC(=O)N(C)CC1CC1. The number of rotatable bonds is 6. The topological polar surface area (TPSA) is 63.7 Å². The predicted molar refractivity (Wildman–Crippen MR) is 80.1 cm³/mol. The first-order valence-corrected chi connectivity index (χ1v) is 8.97. The zero-order valence-corrected chi connectivity index (χ0v) is 13.6. The molecule has 0 atom stereocenters. The van der Waals surface area contributed by atoms with Crippen molar-refractivity contribution >= 4 is 25.6 Å². The van der Waals surface area contributed by atoms with Crippen LogP contribution in [0.3, 0.4) is 0 Å². The summed E-state index contributed by atoms with van der Waals surface area (Å²) in [4.78, 5) is 13.8.